The van der Waals surface area contributed by atoms with Crippen molar-refractivity contribution < 1.29 is 0 Å². The zero-order valence-electron chi connectivity index (χ0n) is 25.9. The highest BCUT2D eigenvalue weighted by Gasteiger charge is 2.27. The molecule has 0 aliphatic rings. The normalized spacial score (nSPS) is 12.3. The number of aryl methyl sites for hydroxylation is 4. The van der Waals surface area contributed by atoms with Crippen LogP contribution in [0.1, 0.15) is 19.5 Å². The van der Waals surface area contributed by atoms with Gasteiger partial charge in [0.2, 0.25) is 0 Å². The van der Waals surface area contributed by atoms with Crippen molar-refractivity contribution in [2.75, 3.05) is 0 Å². The molecule has 0 unspecified atom stereocenters. The van der Waals surface area contributed by atoms with E-state index in [0.717, 1.165) is 0 Å². The minimum Gasteiger partial charge on any atom is -0.149 e. The van der Waals surface area contributed by atoms with Crippen LogP contribution < -0.4 is 0 Å². The molecule has 220 valence electrons. The molecule has 0 aliphatic heterocycles. The van der Waals surface area contributed by atoms with E-state index in [-0.39, 0.29) is 0 Å². The second kappa shape index (κ2) is 9.73. The fraction of sp³-hybridized carbons (Fsp3) is 0.0952. The summed E-state index contributed by atoms with van der Waals surface area (Å²) in [5.41, 5.74) is 10.8. The van der Waals surface area contributed by atoms with Gasteiger partial charge < -0.3 is 0 Å². The monoisotopic (exact) mass is 660 g/mol. The zero-order valence-corrected chi connectivity index (χ0v) is 29.1. The Balaban J connectivity index is 1.48. The Morgan fingerprint density at radius 1 is 0.348 bits per heavy atom. The summed E-state index contributed by atoms with van der Waals surface area (Å²) in [6, 6.07) is 28.4. The molecule has 0 N–H and O–H groups in total. The molecule has 0 spiro atoms. The molecular weight excluding hydrogens is 633 g/mol. The SMILES string of the molecule is Cc1cc(-c2c(-c3csc(C)c3)c3c4cc5cccc6c(-c7csc(C)c7)c(-c7csc(C)c7)c(c4cc4cccc2c43)c56)cs1. The maximum absolute atomic E-state index is 2.50. The van der Waals surface area contributed by atoms with E-state index in [9.17, 15) is 0 Å². The quantitative estimate of drug-likeness (QED) is 0.165. The van der Waals surface area contributed by atoms with E-state index in [1.54, 1.807) is 0 Å². The lowest BCUT2D eigenvalue weighted by atomic mass is 9.91. The summed E-state index contributed by atoms with van der Waals surface area (Å²) >= 11 is 7.39. The van der Waals surface area contributed by atoms with Crippen LogP contribution in [0.15, 0.2) is 94.3 Å². The predicted octanol–water partition coefficient (Wildman–Crippen LogP) is 14.5. The summed E-state index contributed by atoms with van der Waals surface area (Å²) in [5, 5.41) is 23.1. The molecule has 0 saturated carbocycles. The fourth-order valence-corrected chi connectivity index (χ4v) is 10.8. The van der Waals surface area contributed by atoms with Gasteiger partial charge in [0, 0.05) is 19.5 Å². The van der Waals surface area contributed by atoms with Crippen molar-refractivity contribution in [2.45, 2.75) is 27.7 Å². The molecule has 4 heteroatoms. The van der Waals surface area contributed by atoms with E-state index < -0.39 is 0 Å². The van der Waals surface area contributed by atoms with Gasteiger partial charge in [0.25, 0.3) is 0 Å². The number of rotatable bonds is 4. The lowest BCUT2D eigenvalue weighted by Crippen LogP contribution is -1.84. The number of fused-ring (bicyclic) bond motifs is 3. The molecule has 0 saturated heterocycles. The van der Waals surface area contributed by atoms with Crippen molar-refractivity contribution in [3.63, 3.8) is 0 Å². The molecule has 4 aromatic heterocycles. The van der Waals surface area contributed by atoms with Crippen molar-refractivity contribution in [1.82, 2.24) is 0 Å². The number of hydrogen-bond donors (Lipinski definition) is 0. The molecule has 6 aromatic carbocycles. The van der Waals surface area contributed by atoms with Crippen LogP contribution >= 0.6 is 45.3 Å². The smallest absolute Gasteiger partial charge is 0.00205 e. The van der Waals surface area contributed by atoms with Gasteiger partial charge in [-0.3, -0.25) is 0 Å². The third-order valence-corrected chi connectivity index (χ3v) is 13.2. The van der Waals surface area contributed by atoms with Gasteiger partial charge >= 0.3 is 0 Å². The molecule has 0 nitrogen and oxygen atoms in total. The van der Waals surface area contributed by atoms with Gasteiger partial charge in [0.15, 0.2) is 0 Å². The van der Waals surface area contributed by atoms with E-state index in [4.69, 9.17) is 0 Å². The van der Waals surface area contributed by atoms with E-state index in [0.29, 0.717) is 0 Å². The second-order valence-corrected chi connectivity index (χ2v) is 17.2. The van der Waals surface area contributed by atoms with Crippen molar-refractivity contribution in [1.29, 1.82) is 0 Å². The average molecular weight is 661 g/mol. The maximum Gasteiger partial charge on any atom is 0.00205 e. The summed E-state index contributed by atoms with van der Waals surface area (Å²) in [7, 11) is 0. The molecule has 46 heavy (non-hydrogen) atoms. The number of benzene rings is 4. The predicted molar refractivity (Wildman–Crippen MR) is 209 cm³/mol. The minimum atomic E-state index is 1.32. The summed E-state index contributed by atoms with van der Waals surface area (Å²) in [6.07, 6.45) is 0. The highest BCUT2D eigenvalue weighted by atomic mass is 32.1. The van der Waals surface area contributed by atoms with Gasteiger partial charge in [-0.2, -0.15) is 0 Å². The summed E-state index contributed by atoms with van der Waals surface area (Å²) in [5.74, 6) is 0. The van der Waals surface area contributed by atoms with Gasteiger partial charge in [-0.05, 0) is 184 Å². The van der Waals surface area contributed by atoms with Crippen molar-refractivity contribution in [3.8, 4) is 44.5 Å². The Morgan fingerprint density at radius 3 is 1.02 bits per heavy atom. The molecule has 0 bridgehead atoms. The fourth-order valence-electron chi connectivity index (χ4n) is 8.02. The third-order valence-electron chi connectivity index (χ3n) is 9.74. The Kier molecular flexibility index (Phi) is 5.73. The van der Waals surface area contributed by atoms with Crippen LogP contribution in [0.5, 0.6) is 0 Å². The molecule has 10 rings (SSSR count). The Labute approximate surface area is 283 Å². The van der Waals surface area contributed by atoms with E-state index in [1.807, 2.05) is 45.3 Å². The Morgan fingerprint density at radius 2 is 0.696 bits per heavy atom. The van der Waals surface area contributed by atoms with Gasteiger partial charge in [0.05, 0.1) is 0 Å². The lowest BCUT2D eigenvalue weighted by Gasteiger charge is -2.12. The van der Waals surface area contributed by atoms with Gasteiger partial charge in [-0.15, -0.1) is 45.3 Å². The highest BCUT2D eigenvalue weighted by Crippen LogP contribution is 2.55. The molecule has 0 radical (unpaired) electrons. The van der Waals surface area contributed by atoms with Crippen LogP contribution in [0.4, 0.5) is 0 Å². The molecule has 4 heterocycles. The molecule has 0 atom stereocenters. The van der Waals surface area contributed by atoms with Gasteiger partial charge in [-0.1, -0.05) is 36.4 Å². The first kappa shape index (κ1) is 27.1. The number of hydrogen-bond acceptors (Lipinski definition) is 4. The van der Waals surface area contributed by atoms with Crippen LogP contribution in [0, 0.1) is 27.7 Å². The summed E-state index contributed by atoms with van der Waals surface area (Å²) in [4.78, 5) is 5.39. The van der Waals surface area contributed by atoms with E-state index in [2.05, 4.69) is 122 Å². The minimum absolute atomic E-state index is 1.32. The van der Waals surface area contributed by atoms with Crippen LogP contribution in [0.25, 0.3) is 98.4 Å². The Bertz CT molecular complexity index is 2600. The van der Waals surface area contributed by atoms with Gasteiger partial charge in [-0.25, -0.2) is 0 Å². The maximum atomic E-state index is 2.50. The molecule has 10 aromatic rings. The van der Waals surface area contributed by atoms with Gasteiger partial charge in [0.1, 0.15) is 0 Å². The molecule has 0 amide bonds. The van der Waals surface area contributed by atoms with Crippen LogP contribution in [-0.2, 0) is 0 Å². The average Bonchev–Trinajstić information content (AvgIpc) is 3.89. The van der Waals surface area contributed by atoms with Crippen molar-refractivity contribution >= 4 is 99.2 Å². The standard InChI is InChI=1S/C42H28S4/c1-21-11-27(17-43-21)37-31-9-5-7-25-15-34-33(41(35(25)31)39(37)29-13-23(3)45-19-29)16-26-8-6-10-32-36(26)42(34)40(30-14-24(4)46-20-30)38(32)28-12-22(2)44-18-28/h5-20H,1-4H3. The second-order valence-electron chi connectivity index (χ2n) is 12.7. The summed E-state index contributed by atoms with van der Waals surface area (Å²) in [6.45, 7) is 8.90. The number of thiophene rings is 4. The highest BCUT2D eigenvalue weighted by molar-refractivity contribution is 7.11. The van der Waals surface area contributed by atoms with Crippen molar-refractivity contribution in [2.24, 2.45) is 0 Å². The van der Waals surface area contributed by atoms with Crippen molar-refractivity contribution in [3.05, 3.63) is 114 Å². The zero-order chi connectivity index (χ0) is 30.8. The van der Waals surface area contributed by atoms with Crippen LogP contribution in [0.3, 0.4) is 0 Å². The van der Waals surface area contributed by atoms with Crippen LogP contribution in [0.2, 0.25) is 0 Å². The van der Waals surface area contributed by atoms with Crippen LogP contribution in [-0.4, -0.2) is 0 Å². The molecular formula is C42H28S4. The van der Waals surface area contributed by atoms with E-state index >= 15 is 0 Å². The molecule has 0 fully saturated rings. The molecule has 0 aliphatic carbocycles. The summed E-state index contributed by atoms with van der Waals surface area (Å²) < 4.78 is 0. The Hall–Kier alpha value is -4.06. The first-order chi connectivity index (χ1) is 22.4. The van der Waals surface area contributed by atoms with E-state index in [1.165, 1.54) is 118 Å². The topological polar surface area (TPSA) is 0 Å². The third kappa shape index (κ3) is 3.70. The first-order valence-corrected chi connectivity index (χ1v) is 19.1. The largest absolute Gasteiger partial charge is 0.149 e. The first-order valence-electron chi connectivity index (χ1n) is 15.6. The lowest BCUT2D eigenvalue weighted by molar-refractivity contribution is 1.62.